The van der Waals surface area contributed by atoms with Crippen LogP contribution in [0.5, 0.6) is 0 Å². The zero-order valence-electron chi connectivity index (χ0n) is 16.9. The van der Waals surface area contributed by atoms with Gasteiger partial charge in [-0.3, -0.25) is 0 Å². The highest BCUT2D eigenvalue weighted by Gasteiger charge is 2.18. The maximum absolute atomic E-state index is 11.8. The third-order valence-electron chi connectivity index (χ3n) is 4.57. The van der Waals surface area contributed by atoms with Gasteiger partial charge >= 0.3 is 5.87 Å². The van der Waals surface area contributed by atoms with Crippen LogP contribution < -0.4 is 5.11 Å². The Bertz CT molecular complexity index is 1160. The molecule has 0 radical (unpaired) electrons. The lowest BCUT2D eigenvalue weighted by atomic mass is 9.97. The SMILES string of the molecule is Cc1ccc(N=[N+]=C=C([O-])OCc2cc(-c3c(C)c(Cl)c(C)c(Cl)c3C)no2)cc1. The van der Waals surface area contributed by atoms with E-state index in [9.17, 15) is 5.11 Å². The van der Waals surface area contributed by atoms with Gasteiger partial charge in [0, 0.05) is 21.7 Å². The first-order chi connectivity index (χ1) is 14.3. The van der Waals surface area contributed by atoms with Gasteiger partial charge in [-0.25, -0.2) is 0 Å². The van der Waals surface area contributed by atoms with Crippen molar-refractivity contribution in [2.45, 2.75) is 34.3 Å². The number of benzene rings is 2. The predicted molar refractivity (Wildman–Crippen MR) is 113 cm³/mol. The van der Waals surface area contributed by atoms with E-state index in [1.54, 1.807) is 18.2 Å². The minimum atomic E-state index is -0.766. The average molecular weight is 444 g/mol. The first kappa shape index (κ1) is 21.7. The smallest absolute Gasteiger partial charge is 0.376 e. The van der Waals surface area contributed by atoms with Gasteiger partial charge in [0.15, 0.2) is 5.95 Å². The highest BCUT2D eigenvalue weighted by atomic mass is 35.5. The Labute approximate surface area is 184 Å². The standard InChI is InChI=1S/C22H19Cl2N3O3/c1-12-5-7-16(8-6-12)26-25-10-19(28)29-11-17-9-18(27-30-17)20-13(2)21(23)15(4)22(24)14(20)3/h5-9H,11H2,1-4H3. The van der Waals surface area contributed by atoms with Gasteiger partial charge in [0.25, 0.3) is 0 Å². The predicted octanol–water partition coefficient (Wildman–Crippen LogP) is 5.26. The largest absolute Gasteiger partial charge is 0.595 e. The van der Waals surface area contributed by atoms with Crippen LogP contribution in [0.2, 0.25) is 10.0 Å². The van der Waals surface area contributed by atoms with Gasteiger partial charge in [-0.2, -0.15) is 0 Å². The Kier molecular flexibility index (Phi) is 6.66. The quantitative estimate of drug-likeness (QED) is 0.233. The summed E-state index contributed by atoms with van der Waals surface area (Å²) in [6.45, 7) is 7.50. The average Bonchev–Trinajstić information content (AvgIpc) is 3.19. The van der Waals surface area contributed by atoms with Crippen LogP contribution in [0.1, 0.15) is 28.0 Å². The second-order valence-electron chi connectivity index (χ2n) is 6.78. The molecular weight excluding hydrogens is 425 g/mol. The highest BCUT2D eigenvalue weighted by Crippen LogP contribution is 2.39. The molecule has 0 bridgehead atoms. The molecule has 3 aromatic rings. The Morgan fingerprint density at radius 3 is 2.37 bits per heavy atom. The second kappa shape index (κ2) is 9.21. The van der Waals surface area contributed by atoms with Crippen LogP contribution in [-0.2, 0) is 11.3 Å². The molecule has 0 amide bonds. The first-order valence-corrected chi connectivity index (χ1v) is 9.84. The van der Waals surface area contributed by atoms with Crippen LogP contribution in [0, 0.1) is 27.7 Å². The van der Waals surface area contributed by atoms with Gasteiger partial charge in [0.2, 0.25) is 0 Å². The molecule has 1 heterocycles. The molecule has 0 fully saturated rings. The van der Waals surface area contributed by atoms with Crippen molar-refractivity contribution in [3.63, 3.8) is 0 Å². The zero-order valence-corrected chi connectivity index (χ0v) is 18.4. The number of ether oxygens (including phenoxy) is 1. The van der Waals surface area contributed by atoms with Crippen molar-refractivity contribution in [3.8, 4) is 11.3 Å². The molecule has 0 aliphatic carbocycles. The molecule has 0 aliphatic rings. The molecule has 154 valence electrons. The number of aryl methyl sites for hydroxylation is 1. The molecule has 0 saturated heterocycles. The number of nitrogens with zero attached hydrogens (tertiary/aromatic N) is 3. The van der Waals surface area contributed by atoms with E-state index in [1.165, 1.54) is 0 Å². The van der Waals surface area contributed by atoms with E-state index in [0.717, 1.165) is 27.8 Å². The summed E-state index contributed by atoms with van der Waals surface area (Å²) < 4.78 is 10.4. The molecule has 0 aliphatic heterocycles. The van der Waals surface area contributed by atoms with E-state index < -0.39 is 5.95 Å². The van der Waals surface area contributed by atoms with Gasteiger partial charge in [-0.15, -0.1) is 0 Å². The van der Waals surface area contributed by atoms with Crippen LogP contribution in [0.15, 0.2) is 45.9 Å². The van der Waals surface area contributed by atoms with Crippen molar-refractivity contribution in [2.75, 3.05) is 0 Å². The Balaban J connectivity index is 1.75. The topological polar surface area (TPSA) is 84.8 Å². The fraction of sp³-hybridized carbons (Fsp3) is 0.227. The normalized spacial score (nSPS) is 10.3. The molecule has 6 nitrogen and oxygen atoms in total. The lowest BCUT2D eigenvalue weighted by Gasteiger charge is -2.14. The van der Waals surface area contributed by atoms with E-state index in [0.29, 0.717) is 27.2 Å². The lowest BCUT2D eigenvalue weighted by Crippen LogP contribution is -2.08. The molecule has 2 aromatic carbocycles. The Morgan fingerprint density at radius 1 is 1.10 bits per heavy atom. The molecule has 0 atom stereocenters. The molecule has 0 N–H and O–H groups in total. The summed E-state index contributed by atoms with van der Waals surface area (Å²) in [7, 11) is 0. The van der Waals surface area contributed by atoms with Crippen molar-refractivity contribution in [1.29, 1.82) is 0 Å². The number of rotatable bonds is 5. The fourth-order valence-electron chi connectivity index (χ4n) is 2.95. The van der Waals surface area contributed by atoms with Crippen molar-refractivity contribution in [3.05, 3.63) is 74.3 Å². The van der Waals surface area contributed by atoms with Crippen molar-refractivity contribution >= 4 is 34.8 Å². The van der Waals surface area contributed by atoms with E-state index in [1.807, 2.05) is 39.8 Å². The number of halogens is 2. The van der Waals surface area contributed by atoms with Crippen molar-refractivity contribution in [2.24, 2.45) is 5.11 Å². The molecule has 30 heavy (non-hydrogen) atoms. The number of aromatic nitrogens is 1. The van der Waals surface area contributed by atoms with Crippen molar-refractivity contribution in [1.82, 2.24) is 5.16 Å². The van der Waals surface area contributed by atoms with Gasteiger partial charge in [-0.1, -0.05) is 46.1 Å². The maximum atomic E-state index is 11.8. The third kappa shape index (κ3) is 4.76. The third-order valence-corrected chi connectivity index (χ3v) is 5.70. The maximum Gasteiger partial charge on any atom is 0.376 e. The van der Waals surface area contributed by atoms with Gasteiger partial charge in [0.05, 0.1) is 6.61 Å². The van der Waals surface area contributed by atoms with E-state index in [-0.39, 0.29) is 6.61 Å². The minimum absolute atomic E-state index is 0.121. The summed E-state index contributed by atoms with van der Waals surface area (Å²) in [6, 6.07) is 9.04. The van der Waals surface area contributed by atoms with Gasteiger partial charge in [-0.05, 0) is 56.5 Å². The second-order valence-corrected chi connectivity index (χ2v) is 7.54. The summed E-state index contributed by atoms with van der Waals surface area (Å²) in [4.78, 5) is 3.61. The zero-order chi connectivity index (χ0) is 21.8. The van der Waals surface area contributed by atoms with E-state index in [4.69, 9.17) is 32.5 Å². The molecule has 0 saturated carbocycles. The summed E-state index contributed by atoms with van der Waals surface area (Å²) in [5, 5.41) is 20.9. The molecular formula is C22H19Cl2N3O3. The highest BCUT2D eigenvalue weighted by molar-refractivity contribution is 6.37. The van der Waals surface area contributed by atoms with E-state index in [2.05, 4.69) is 20.9 Å². The fourth-order valence-corrected chi connectivity index (χ4v) is 3.37. The Hall–Kier alpha value is -3.01. The van der Waals surface area contributed by atoms with Crippen molar-refractivity contribution < 1.29 is 19.2 Å². The molecule has 8 heteroatoms. The van der Waals surface area contributed by atoms with Gasteiger partial charge < -0.3 is 14.4 Å². The van der Waals surface area contributed by atoms with Crippen LogP contribution in [0.25, 0.3) is 11.3 Å². The van der Waals surface area contributed by atoms with Crippen LogP contribution >= 0.6 is 23.2 Å². The lowest BCUT2D eigenvalue weighted by molar-refractivity contribution is -0.357. The number of hydrogen-bond acceptors (Lipinski definition) is 5. The Morgan fingerprint density at radius 2 is 1.73 bits per heavy atom. The first-order valence-electron chi connectivity index (χ1n) is 9.08. The number of hydrogen-bond donors (Lipinski definition) is 0. The van der Waals surface area contributed by atoms with Crippen LogP contribution in [-0.4, -0.2) is 15.8 Å². The molecule has 0 unspecified atom stereocenters. The summed E-state index contributed by atoms with van der Waals surface area (Å²) in [5.74, 6) is 1.79. The minimum Gasteiger partial charge on any atom is -0.595 e. The van der Waals surface area contributed by atoms with Gasteiger partial charge in [0.1, 0.15) is 27.0 Å². The molecule has 0 spiro atoms. The van der Waals surface area contributed by atoms with Crippen LogP contribution in [0.3, 0.4) is 0 Å². The summed E-state index contributed by atoms with van der Waals surface area (Å²) in [5.41, 5.74) is 5.60. The molecule has 1 aromatic heterocycles. The van der Waals surface area contributed by atoms with Crippen LogP contribution in [0.4, 0.5) is 5.69 Å². The summed E-state index contributed by atoms with van der Waals surface area (Å²) >= 11 is 12.8. The summed E-state index contributed by atoms with van der Waals surface area (Å²) in [6.07, 6.45) is 0. The monoisotopic (exact) mass is 443 g/mol. The molecule has 3 rings (SSSR count). The van der Waals surface area contributed by atoms with E-state index >= 15 is 0 Å².